The lowest BCUT2D eigenvalue weighted by molar-refractivity contribution is 0.0937. The number of halogens is 1. The molecule has 1 N–H and O–H groups in total. The molecule has 4 nitrogen and oxygen atoms in total. The van der Waals surface area contributed by atoms with E-state index in [0.717, 1.165) is 31.9 Å². The molecule has 6 heteroatoms. The predicted octanol–water partition coefficient (Wildman–Crippen LogP) is 5.84. The molecule has 0 bridgehead atoms. The number of aryl methyl sites for hydroxylation is 2. The third-order valence-electron chi connectivity index (χ3n) is 4.40. The Hall–Kier alpha value is -2.05. The number of amides is 1. The molecule has 1 atom stereocenters. The van der Waals surface area contributed by atoms with Crippen LogP contribution in [-0.2, 0) is 5.75 Å². The van der Waals surface area contributed by atoms with Gasteiger partial charge in [-0.1, -0.05) is 45.4 Å². The van der Waals surface area contributed by atoms with Gasteiger partial charge in [-0.3, -0.25) is 4.79 Å². The van der Waals surface area contributed by atoms with Crippen LogP contribution >= 0.6 is 27.7 Å². The number of benzene rings is 2. The summed E-state index contributed by atoms with van der Waals surface area (Å²) in [6.07, 6.45) is 0. The Morgan fingerprint density at radius 1 is 1.19 bits per heavy atom. The van der Waals surface area contributed by atoms with Gasteiger partial charge in [0.05, 0.1) is 17.3 Å². The zero-order valence-electron chi connectivity index (χ0n) is 15.5. The van der Waals surface area contributed by atoms with Gasteiger partial charge in [-0.15, -0.1) is 11.8 Å². The first kappa shape index (κ1) is 19.7. The van der Waals surface area contributed by atoms with Gasteiger partial charge in [0, 0.05) is 20.7 Å². The first-order chi connectivity index (χ1) is 13.0. The fourth-order valence-electron chi connectivity index (χ4n) is 2.75. The van der Waals surface area contributed by atoms with Gasteiger partial charge in [0.15, 0.2) is 0 Å². The number of carbonyl (C=O) groups excluding carboxylic acids is 1. The predicted molar refractivity (Wildman–Crippen MR) is 112 cm³/mol. The number of nitrogens with zero attached hydrogens (tertiary/aromatic N) is 1. The second kappa shape index (κ2) is 8.76. The molecular formula is C21H21BrN2O2S. The quantitative estimate of drug-likeness (QED) is 0.485. The average molecular weight is 445 g/mol. The summed E-state index contributed by atoms with van der Waals surface area (Å²) in [5, 5.41) is 7.08. The normalized spacial score (nSPS) is 12.0. The SMILES string of the molecule is Cc1noc(C)c1CSc1ccccc1C(=O)NC(C)c1ccc(Br)cc1. The third-order valence-corrected chi connectivity index (χ3v) is 6.03. The third kappa shape index (κ3) is 4.82. The fraction of sp³-hybridized carbons (Fsp3) is 0.238. The Kier molecular flexibility index (Phi) is 6.39. The van der Waals surface area contributed by atoms with E-state index in [1.54, 1.807) is 11.8 Å². The summed E-state index contributed by atoms with van der Waals surface area (Å²) in [5.74, 6) is 1.46. The van der Waals surface area contributed by atoms with E-state index >= 15 is 0 Å². The summed E-state index contributed by atoms with van der Waals surface area (Å²) in [4.78, 5) is 13.8. The molecule has 0 aliphatic heterocycles. The van der Waals surface area contributed by atoms with E-state index in [-0.39, 0.29) is 11.9 Å². The first-order valence-corrected chi connectivity index (χ1v) is 10.4. The average Bonchev–Trinajstić information content (AvgIpc) is 2.98. The molecule has 3 rings (SSSR count). The minimum atomic E-state index is -0.0776. The number of rotatable bonds is 6. The van der Waals surface area contributed by atoms with E-state index < -0.39 is 0 Å². The Morgan fingerprint density at radius 2 is 1.89 bits per heavy atom. The van der Waals surface area contributed by atoms with Crippen LogP contribution in [0.3, 0.4) is 0 Å². The van der Waals surface area contributed by atoms with Crippen molar-refractivity contribution in [3.8, 4) is 0 Å². The Balaban J connectivity index is 1.72. The molecule has 1 heterocycles. The van der Waals surface area contributed by atoms with Crippen LogP contribution in [0.2, 0.25) is 0 Å². The number of thioether (sulfide) groups is 1. The molecule has 2 aromatic carbocycles. The van der Waals surface area contributed by atoms with Crippen LogP contribution in [-0.4, -0.2) is 11.1 Å². The molecule has 0 radical (unpaired) electrons. The van der Waals surface area contributed by atoms with E-state index in [9.17, 15) is 4.79 Å². The number of nitrogens with one attached hydrogen (secondary N) is 1. The zero-order chi connectivity index (χ0) is 19.4. The van der Waals surface area contributed by atoms with Gasteiger partial charge in [0.2, 0.25) is 0 Å². The second-order valence-electron chi connectivity index (χ2n) is 6.33. The molecule has 1 aromatic heterocycles. The molecule has 1 unspecified atom stereocenters. The van der Waals surface area contributed by atoms with E-state index in [0.29, 0.717) is 11.3 Å². The van der Waals surface area contributed by atoms with Gasteiger partial charge in [-0.2, -0.15) is 0 Å². The molecule has 1 amide bonds. The van der Waals surface area contributed by atoms with Gasteiger partial charge in [0.25, 0.3) is 5.91 Å². The Bertz CT molecular complexity index is 918. The van der Waals surface area contributed by atoms with Gasteiger partial charge >= 0.3 is 0 Å². The van der Waals surface area contributed by atoms with Crippen LogP contribution in [0.25, 0.3) is 0 Å². The molecule has 0 saturated heterocycles. The molecule has 140 valence electrons. The maximum atomic E-state index is 12.8. The monoisotopic (exact) mass is 444 g/mol. The first-order valence-electron chi connectivity index (χ1n) is 8.65. The van der Waals surface area contributed by atoms with Crippen molar-refractivity contribution >= 4 is 33.6 Å². The lowest BCUT2D eigenvalue weighted by atomic mass is 10.1. The summed E-state index contributed by atoms with van der Waals surface area (Å²) >= 11 is 5.05. The van der Waals surface area contributed by atoms with Gasteiger partial charge in [-0.05, 0) is 50.6 Å². The molecule has 0 spiro atoms. The van der Waals surface area contributed by atoms with Gasteiger partial charge in [0.1, 0.15) is 5.76 Å². The molecule has 0 aliphatic carbocycles. The van der Waals surface area contributed by atoms with Crippen molar-refractivity contribution in [2.45, 2.75) is 37.5 Å². The molecule has 0 aliphatic rings. The van der Waals surface area contributed by atoms with Crippen molar-refractivity contribution in [2.24, 2.45) is 0 Å². The van der Waals surface area contributed by atoms with Crippen LogP contribution in [0.4, 0.5) is 0 Å². The summed E-state index contributed by atoms with van der Waals surface area (Å²) in [7, 11) is 0. The number of aromatic nitrogens is 1. The Morgan fingerprint density at radius 3 is 2.56 bits per heavy atom. The largest absolute Gasteiger partial charge is 0.361 e. The molecule has 0 fully saturated rings. The Labute approximate surface area is 171 Å². The van der Waals surface area contributed by atoms with Crippen LogP contribution in [0.1, 0.15) is 45.9 Å². The van der Waals surface area contributed by atoms with E-state index in [1.807, 2.05) is 69.3 Å². The molecule has 0 saturated carbocycles. The summed E-state index contributed by atoms with van der Waals surface area (Å²) < 4.78 is 6.24. The van der Waals surface area contributed by atoms with E-state index in [4.69, 9.17) is 4.52 Å². The van der Waals surface area contributed by atoms with Gasteiger partial charge in [-0.25, -0.2) is 0 Å². The number of hydrogen-bond donors (Lipinski definition) is 1. The molecule has 27 heavy (non-hydrogen) atoms. The standard InChI is InChI=1S/C21H21BrN2O2S/c1-13(16-8-10-17(22)11-9-16)23-21(25)18-6-4-5-7-20(18)27-12-19-14(2)24-26-15(19)3/h4-11,13H,12H2,1-3H3,(H,23,25). The highest BCUT2D eigenvalue weighted by Gasteiger charge is 2.16. The van der Waals surface area contributed by atoms with Crippen LogP contribution in [0.15, 0.2) is 62.4 Å². The lowest BCUT2D eigenvalue weighted by Gasteiger charge is -2.16. The molecular weight excluding hydrogens is 424 g/mol. The highest BCUT2D eigenvalue weighted by Crippen LogP contribution is 2.29. The minimum absolute atomic E-state index is 0.0766. The van der Waals surface area contributed by atoms with Crippen molar-refractivity contribution in [1.82, 2.24) is 10.5 Å². The zero-order valence-corrected chi connectivity index (χ0v) is 17.9. The number of hydrogen-bond acceptors (Lipinski definition) is 4. The van der Waals surface area contributed by atoms with Crippen molar-refractivity contribution in [1.29, 1.82) is 0 Å². The van der Waals surface area contributed by atoms with Crippen molar-refractivity contribution < 1.29 is 9.32 Å². The summed E-state index contributed by atoms with van der Waals surface area (Å²) in [6.45, 7) is 5.83. The minimum Gasteiger partial charge on any atom is -0.361 e. The second-order valence-corrected chi connectivity index (χ2v) is 8.27. The highest BCUT2D eigenvalue weighted by molar-refractivity contribution is 9.10. The topological polar surface area (TPSA) is 55.1 Å². The summed E-state index contributed by atoms with van der Waals surface area (Å²) in [5.41, 5.74) is 3.72. The van der Waals surface area contributed by atoms with Crippen LogP contribution < -0.4 is 5.32 Å². The maximum Gasteiger partial charge on any atom is 0.252 e. The lowest BCUT2D eigenvalue weighted by Crippen LogP contribution is -2.27. The smallest absolute Gasteiger partial charge is 0.252 e. The molecule has 3 aromatic rings. The summed E-state index contributed by atoms with van der Waals surface area (Å²) in [6, 6.07) is 15.6. The highest BCUT2D eigenvalue weighted by atomic mass is 79.9. The van der Waals surface area contributed by atoms with Crippen LogP contribution in [0.5, 0.6) is 0 Å². The number of carbonyl (C=O) groups is 1. The van der Waals surface area contributed by atoms with E-state index in [1.165, 1.54) is 0 Å². The van der Waals surface area contributed by atoms with Crippen molar-refractivity contribution in [2.75, 3.05) is 0 Å². The fourth-order valence-corrected chi connectivity index (χ4v) is 4.21. The van der Waals surface area contributed by atoms with Gasteiger partial charge < -0.3 is 9.84 Å². The van der Waals surface area contributed by atoms with Crippen LogP contribution in [0, 0.1) is 13.8 Å². The maximum absolute atomic E-state index is 12.8. The van der Waals surface area contributed by atoms with Crippen molar-refractivity contribution in [3.63, 3.8) is 0 Å². The van der Waals surface area contributed by atoms with E-state index in [2.05, 4.69) is 26.4 Å². The van der Waals surface area contributed by atoms with Crippen molar-refractivity contribution in [3.05, 3.63) is 81.1 Å².